The predicted molar refractivity (Wildman–Crippen MR) is 98.7 cm³/mol. The predicted octanol–water partition coefficient (Wildman–Crippen LogP) is 2.41. The van der Waals surface area contributed by atoms with Crippen molar-refractivity contribution < 1.29 is 0 Å². The second-order valence-corrected chi connectivity index (χ2v) is 6.81. The first-order valence-electron chi connectivity index (χ1n) is 8.97. The van der Waals surface area contributed by atoms with E-state index in [1.807, 2.05) is 19.1 Å². The van der Waals surface area contributed by atoms with Crippen LogP contribution in [0.4, 0.5) is 5.82 Å². The fraction of sp³-hybridized carbons (Fsp3) is 0.421. The number of likely N-dealkylation sites (tertiary alicyclic amines) is 1. The van der Waals surface area contributed by atoms with E-state index in [-0.39, 0.29) is 0 Å². The standard InChI is InChI=1S/C19H24N6/c1-15-21-22-19-8-7-18(23-25(15)19)20-13-17-10-12-24(14-17)11-9-16-5-3-2-4-6-16/h2-8,17H,9-14H2,1H3,(H,20,23)/t17-/m1/s1. The molecule has 1 saturated heterocycles. The minimum Gasteiger partial charge on any atom is -0.368 e. The molecule has 0 bridgehead atoms. The maximum atomic E-state index is 4.56. The molecular weight excluding hydrogens is 312 g/mol. The Kier molecular flexibility index (Phi) is 4.61. The molecule has 4 rings (SSSR count). The maximum absolute atomic E-state index is 4.56. The number of aryl methyl sites for hydroxylation is 1. The molecule has 1 fully saturated rings. The summed E-state index contributed by atoms with van der Waals surface area (Å²) in [6.45, 7) is 6.37. The molecule has 6 heteroatoms. The van der Waals surface area contributed by atoms with Gasteiger partial charge in [0, 0.05) is 19.6 Å². The summed E-state index contributed by atoms with van der Waals surface area (Å²) in [7, 11) is 0. The number of rotatable bonds is 6. The average Bonchev–Trinajstić information content (AvgIpc) is 3.26. The summed E-state index contributed by atoms with van der Waals surface area (Å²) in [5.74, 6) is 2.38. The highest BCUT2D eigenvalue weighted by molar-refractivity contribution is 5.43. The average molecular weight is 336 g/mol. The van der Waals surface area contributed by atoms with Gasteiger partial charge in [0.2, 0.25) is 0 Å². The van der Waals surface area contributed by atoms with Crippen LogP contribution < -0.4 is 5.32 Å². The number of hydrogen-bond donors (Lipinski definition) is 1. The number of hydrogen-bond acceptors (Lipinski definition) is 5. The molecule has 0 radical (unpaired) electrons. The molecule has 130 valence electrons. The van der Waals surface area contributed by atoms with Crippen LogP contribution in [0.25, 0.3) is 5.65 Å². The van der Waals surface area contributed by atoms with Crippen LogP contribution in [0.15, 0.2) is 42.5 Å². The topological polar surface area (TPSA) is 58.4 Å². The smallest absolute Gasteiger partial charge is 0.178 e. The Bertz CT molecular complexity index is 828. The van der Waals surface area contributed by atoms with Crippen LogP contribution in [0.3, 0.4) is 0 Å². The summed E-state index contributed by atoms with van der Waals surface area (Å²) < 4.78 is 1.78. The summed E-state index contributed by atoms with van der Waals surface area (Å²) in [6, 6.07) is 14.7. The van der Waals surface area contributed by atoms with Gasteiger partial charge in [-0.3, -0.25) is 0 Å². The zero-order chi connectivity index (χ0) is 17.1. The van der Waals surface area contributed by atoms with Crippen LogP contribution in [-0.2, 0) is 6.42 Å². The van der Waals surface area contributed by atoms with Gasteiger partial charge in [-0.05, 0) is 49.9 Å². The number of aromatic nitrogens is 4. The fourth-order valence-electron chi connectivity index (χ4n) is 3.45. The van der Waals surface area contributed by atoms with Crippen molar-refractivity contribution in [3.05, 3.63) is 53.9 Å². The highest BCUT2D eigenvalue weighted by Crippen LogP contribution is 2.17. The lowest BCUT2D eigenvalue weighted by Gasteiger charge is -2.16. The highest BCUT2D eigenvalue weighted by atomic mass is 15.4. The number of benzene rings is 1. The van der Waals surface area contributed by atoms with Crippen molar-refractivity contribution in [3.8, 4) is 0 Å². The zero-order valence-corrected chi connectivity index (χ0v) is 14.6. The van der Waals surface area contributed by atoms with Gasteiger partial charge in [-0.2, -0.15) is 4.52 Å². The SMILES string of the molecule is Cc1nnc2ccc(NC[C@H]3CCN(CCc4ccccc4)C3)nn12. The molecule has 2 aromatic heterocycles. The first-order chi connectivity index (χ1) is 12.3. The molecule has 1 N–H and O–H groups in total. The molecule has 0 spiro atoms. The summed E-state index contributed by atoms with van der Waals surface area (Å²) in [5, 5.41) is 16.1. The number of nitrogens with zero attached hydrogens (tertiary/aromatic N) is 5. The minimum atomic E-state index is 0.676. The number of fused-ring (bicyclic) bond motifs is 1. The van der Waals surface area contributed by atoms with Crippen molar-refractivity contribution in [1.82, 2.24) is 24.7 Å². The Labute approximate surface area is 147 Å². The van der Waals surface area contributed by atoms with Crippen molar-refractivity contribution in [2.24, 2.45) is 5.92 Å². The molecule has 3 heterocycles. The van der Waals surface area contributed by atoms with E-state index in [0.29, 0.717) is 5.92 Å². The van der Waals surface area contributed by atoms with E-state index in [2.05, 4.69) is 55.8 Å². The molecule has 3 aromatic rings. The quantitative estimate of drug-likeness (QED) is 0.749. The molecule has 0 unspecified atom stereocenters. The van der Waals surface area contributed by atoms with Crippen LogP contribution >= 0.6 is 0 Å². The van der Waals surface area contributed by atoms with Gasteiger partial charge in [0.1, 0.15) is 5.82 Å². The zero-order valence-electron chi connectivity index (χ0n) is 14.6. The van der Waals surface area contributed by atoms with Crippen molar-refractivity contribution in [1.29, 1.82) is 0 Å². The number of anilines is 1. The molecule has 25 heavy (non-hydrogen) atoms. The van der Waals surface area contributed by atoms with Gasteiger partial charge in [-0.15, -0.1) is 15.3 Å². The van der Waals surface area contributed by atoms with E-state index < -0.39 is 0 Å². The lowest BCUT2D eigenvalue weighted by Crippen LogP contribution is -2.25. The van der Waals surface area contributed by atoms with Crippen LogP contribution in [0.5, 0.6) is 0 Å². The van der Waals surface area contributed by atoms with Crippen LogP contribution in [-0.4, -0.2) is 50.9 Å². The molecule has 6 nitrogen and oxygen atoms in total. The molecule has 1 aliphatic heterocycles. The third-order valence-electron chi connectivity index (χ3n) is 4.92. The fourth-order valence-corrected chi connectivity index (χ4v) is 3.45. The van der Waals surface area contributed by atoms with E-state index in [1.54, 1.807) is 4.52 Å². The van der Waals surface area contributed by atoms with Gasteiger partial charge >= 0.3 is 0 Å². The van der Waals surface area contributed by atoms with Crippen LogP contribution in [0, 0.1) is 12.8 Å². The minimum absolute atomic E-state index is 0.676. The molecule has 1 aliphatic rings. The van der Waals surface area contributed by atoms with Crippen LogP contribution in [0.2, 0.25) is 0 Å². The van der Waals surface area contributed by atoms with Crippen LogP contribution in [0.1, 0.15) is 17.8 Å². The van der Waals surface area contributed by atoms with E-state index in [9.17, 15) is 0 Å². The second kappa shape index (κ2) is 7.19. The molecular formula is C19H24N6. The first-order valence-corrected chi connectivity index (χ1v) is 8.97. The van der Waals surface area contributed by atoms with E-state index in [0.717, 1.165) is 43.3 Å². The van der Waals surface area contributed by atoms with E-state index in [1.165, 1.54) is 18.5 Å². The lowest BCUT2D eigenvalue weighted by molar-refractivity contribution is 0.330. The summed E-state index contributed by atoms with van der Waals surface area (Å²) in [6.07, 6.45) is 2.38. The molecule has 0 amide bonds. The van der Waals surface area contributed by atoms with E-state index in [4.69, 9.17) is 0 Å². The first kappa shape index (κ1) is 16.0. The third kappa shape index (κ3) is 3.79. The van der Waals surface area contributed by atoms with Gasteiger partial charge in [-0.1, -0.05) is 30.3 Å². The summed E-state index contributed by atoms with van der Waals surface area (Å²) in [5.41, 5.74) is 2.21. The maximum Gasteiger partial charge on any atom is 0.178 e. The summed E-state index contributed by atoms with van der Waals surface area (Å²) >= 11 is 0. The second-order valence-electron chi connectivity index (χ2n) is 6.81. The normalized spacial score (nSPS) is 18.0. The molecule has 1 aromatic carbocycles. The van der Waals surface area contributed by atoms with E-state index >= 15 is 0 Å². The molecule has 0 aliphatic carbocycles. The van der Waals surface area contributed by atoms with Crippen molar-refractivity contribution in [3.63, 3.8) is 0 Å². The Balaban J connectivity index is 1.26. The van der Waals surface area contributed by atoms with Gasteiger partial charge in [-0.25, -0.2) is 0 Å². The van der Waals surface area contributed by atoms with Gasteiger partial charge in [0.25, 0.3) is 0 Å². The van der Waals surface area contributed by atoms with Crippen molar-refractivity contribution in [2.75, 3.05) is 31.5 Å². The van der Waals surface area contributed by atoms with Gasteiger partial charge in [0.05, 0.1) is 0 Å². The Morgan fingerprint density at radius 1 is 1.12 bits per heavy atom. The largest absolute Gasteiger partial charge is 0.368 e. The number of nitrogens with one attached hydrogen (secondary N) is 1. The Hall–Kier alpha value is -2.47. The van der Waals surface area contributed by atoms with Gasteiger partial charge in [0.15, 0.2) is 11.5 Å². The van der Waals surface area contributed by atoms with Crippen molar-refractivity contribution >= 4 is 11.5 Å². The third-order valence-corrected chi connectivity index (χ3v) is 4.92. The summed E-state index contributed by atoms with van der Waals surface area (Å²) in [4.78, 5) is 2.57. The lowest BCUT2D eigenvalue weighted by atomic mass is 10.1. The van der Waals surface area contributed by atoms with Crippen molar-refractivity contribution in [2.45, 2.75) is 19.8 Å². The van der Waals surface area contributed by atoms with Gasteiger partial charge < -0.3 is 10.2 Å². The molecule has 1 atom stereocenters. The Morgan fingerprint density at radius 2 is 2.00 bits per heavy atom. The highest BCUT2D eigenvalue weighted by Gasteiger charge is 2.22. The monoisotopic (exact) mass is 336 g/mol. The Morgan fingerprint density at radius 3 is 2.88 bits per heavy atom. The molecule has 0 saturated carbocycles.